The van der Waals surface area contributed by atoms with E-state index in [2.05, 4.69) is 129 Å². The van der Waals surface area contributed by atoms with Crippen LogP contribution in [-0.4, -0.2) is 10.2 Å². The molecule has 0 aliphatic heterocycles. The first-order valence-corrected chi connectivity index (χ1v) is 11.4. The third kappa shape index (κ3) is 4.25. The lowest BCUT2D eigenvalue weighted by Gasteiger charge is -2.19. The van der Waals surface area contributed by atoms with Gasteiger partial charge < -0.3 is 0 Å². The molecule has 2 heteroatoms. The van der Waals surface area contributed by atoms with Crippen molar-refractivity contribution < 1.29 is 0 Å². The molecule has 162 valence electrons. The molecule has 5 rings (SSSR count). The molecule has 0 aliphatic rings. The molecule has 0 amide bonds. The van der Waals surface area contributed by atoms with Gasteiger partial charge in [-0.1, -0.05) is 130 Å². The largest absolute Gasteiger partial charge is 0.277 e. The van der Waals surface area contributed by atoms with Crippen LogP contribution >= 0.6 is 0 Å². The molecule has 0 atom stereocenters. The van der Waals surface area contributed by atoms with Gasteiger partial charge >= 0.3 is 0 Å². The molecule has 0 bridgehead atoms. The summed E-state index contributed by atoms with van der Waals surface area (Å²) in [6.07, 6.45) is 0. The predicted molar refractivity (Wildman–Crippen MR) is 139 cm³/mol. The van der Waals surface area contributed by atoms with Crippen molar-refractivity contribution in [3.05, 3.63) is 115 Å². The Bertz CT molecular complexity index is 1340. The fourth-order valence-corrected chi connectivity index (χ4v) is 4.23. The lowest BCUT2D eigenvalue weighted by molar-refractivity contribution is 0.590. The molecule has 33 heavy (non-hydrogen) atoms. The Morgan fingerprint density at radius 3 is 1.58 bits per heavy atom. The van der Waals surface area contributed by atoms with Crippen LogP contribution in [-0.2, 0) is 5.41 Å². The van der Waals surface area contributed by atoms with E-state index in [1.807, 2.05) is 6.07 Å². The minimum Gasteiger partial charge on any atom is -0.277 e. The zero-order valence-corrected chi connectivity index (χ0v) is 19.3. The molecule has 5 aromatic rings. The molecule has 0 saturated heterocycles. The number of hydrogen-bond acceptors (Lipinski definition) is 1. The van der Waals surface area contributed by atoms with Gasteiger partial charge in [-0.2, -0.15) is 5.10 Å². The van der Waals surface area contributed by atoms with Crippen LogP contribution in [0.15, 0.2) is 109 Å². The SMILES string of the molecule is CC(C)(C)c1ccc(-c2[nH]nc(-c3ccc(-c4ccccc4)cc3)c2-c2ccccc2)cc1. The normalized spacial score (nSPS) is 11.5. The van der Waals surface area contributed by atoms with Crippen molar-refractivity contribution in [1.29, 1.82) is 0 Å². The number of nitrogens with one attached hydrogen (secondary N) is 1. The molecule has 0 unspecified atom stereocenters. The molecule has 1 N–H and O–H groups in total. The molecular weight excluding hydrogens is 400 g/mol. The topological polar surface area (TPSA) is 28.7 Å². The average Bonchev–Trinajstić information content (AvgIpc) is 3.30. The summed E-state index contributed by atoms with van der Waals surface area (Å²) < 4.78 is 0. The smallest absolute Gasteiger partial charge is 0.101 e. The zero-order chi connectivity index (χ0) is 22.8. The molecule has 1 heterocycles. The predicted octanol–water partition coefficient (Wildman–Crippen LogP) is 8.38. The number of nitrogens with zero attached hydrogens (tertiary/aromatic N) is 1. The monoisotopic (exact) mass is 428 g/mol. The van der Waals surface area contributed by atoms with Gasteiger partial charge in [-0.25, -0.2) is 0 Å². The Kier molecular flexibility index (Phi) is 5.43. The Morgan fingerprint density at radius 1 is 0.515 bits per heavy atom. The van der Waals surface area contributed by atoms with Gasteiger partial charge in [0.2, 0.25) is 0 Å². The van der Waals surface area contributed by atoms with Crippen LogP contribution in [0.4, 0.5) is 0 Å². The fraction of sp³-hybridized carbons (Fsp3) is 0.129. The second-order valence-electron chi connectivity index (χ2n) is 9.46. The summed E-state index contributed by atoms with van der Waals surface area (Å²) in [5, 5.41) is 8.13. The molecule has 0 spiro atoms. The van der Waals surface area contributed by atoms with E-state index in [1.54, 1.807) is 0 Å². The Hall–Kier alpha value is -3.91. The maximum atomic E-state index is 4.79. The third-order valence-electron chi connectivity index (χ3n) is 6.13. The molecule has 0 radical (unpaired) electrons. The van der Waals surface area contributed by atoms with Crippen molar-refractivity contribution in [1.82, 2.24) is 10.2 Å². The van der Waals surface area contributed by atoms with Gasteiger partial charge in [-0.15, -0.1) is 0 Å². The maximum absolute atomic E-state index is 4.79. The second-order valence-corrected chi connectivity index (χ2v) is 9.46. The standard InChI is InChI=1S/C31H28N2/c1-31(2,3)27-20-18-26(19-21-27)30-28(24-12-8-5-9-13-24)29(32-33-30)25-16-14-23(15-17-25)22-10-6-4-7-11-22/h4-21H,1-3H3,(H,32,33). The summed E-state index contributed by atoms with van der Waals surface area (Å²) >= 11 is 0. The third-order valence-corrected chi connectivity index (χ3v) is 6.13. The van der Waals surface area contributed by atoms with E-state index < -0.39 is 0 Å². The highest BCUT2D eigenvalue weighted by Crippen LogP contribution is 2.39. The van der Waals surface area contributed by atoms with Crippen LogP contribution < -0.4 is 0 Å². The van der Waals surface area contributed by atoms with E-state index >= 15 is 0 Å². The summed E-state index contributed by atoms with van der Waals surface area (Å²) in [7, 11) is 0. The van der Waals surface area contributed by atoms with E-state index in [0.717, 1.165) is 33.6 Å². The maximum Gasteiger partial charge on any atom is 0.101 e. The van der Waals surface area contributed by atoms with Gasteiger partial charge in [-0.3, -0.25) is 5.10 Å². The van der Waals surface area contributed by atoms with Crippen molar-refractivity contribution in [2.45, 2.75) is 26.2 Å². The van der Waals surface area contributed by atoms with Crippen LogP contribution in [0.25, 0.3) is 44.8 Å². The Labute approximate surface area is 196 Å². The van der Waals surface area contributed by atoms with Gasteiger partial charge in [0, 0.05) is 16.7 Å². The first-order valence-electron chi connectivity index (χ1n) is 11.4. The highest BCUT2D eigenvalue weighted by atomic mass is 15.1. The highest BCUT2D eigenvalue weighted by Gasteiger charge is 2.19. The molecule has 0 saturated carbocycles. The number of rotatable bonds is 4. The van der Waals surface area contributed by atoms with Gasteiger partial charge in [-0.05, 0) is 27.7 Å². The van der Waals surface area contributed by atoms with Crippen molar-refractivity contribution in [3.8, 4) is 44.8 Å². The van der Waals surface area contributed by atoms with Gasteiger partial charge in [0.1, 0.15) is 5.69 Å². The molecular formula is C31H28N2. The van der Waals surface area contributed by atoms with Crippen LogP contribution in [0, 0.1) is 0 Å². The number of H-pyrrole nitrogens is 1. The summed E-state index contributed by atoms with van der Waals surface area (Å²) in [5.41, 5.74) is 10.4. The number of benzene rings is 4. The lowest BCUT2D eigenvalue weighted by atomic mass is 9.86. The zero-order valence-electron chi connectivity index (χ0n) is 19.3. The van der Waals surface area contributed by atoms with Gasteiger partial charge in [0.05, 0.1) is 5.69 Å². The van der Waals surface area contributed by atoms with Gasteiger partial charge in [0.25, 0.3) is 0 Å². The van der Waals surface area contributed by atoms with E-state index in [-0.39, 0.29) is 5.41 Å². The number of hydrogen-bond donors (Lipinski definition) is 1. The summed E-state index contributed by atoms with van der Waals surface area (Å²) in [6.45, 7) is 6.72. The Balaban J connectivity index is 1.60. The molecule has 4 aromatic carbocycles. The van der Waals surface area contributed by atoms with Gasteiger partial charge in [0.15, 0.2) is 0 Å². The van der Waals surface area contributed by atoms with E-state index in [4.69, 9.17) is 5.10 Å². The summed E-state index contributed by atoms with van der Waals surface area (Å²) in [4.78, 5) is 0. The van der Waals surface area contributed by atoms with Crippen molar-refractivity contribution in [2.75, 3.05) is 0 Å². The lowest BCUT2D eigenvalue weighted by Crippen LogP contribution is -2.10. The van der Waals surface area contributed by atoms with Crippen LogP contribution in [0.1, 0.15) is 26.3 Å². The number of aromatic amines is 1. The molecule has 0 fully saturated rings. The summed E-state index contributed by atoms with van der Waals surface area (Å²) in [6, 6.07) is 38.5. The van der Waals surface area contributed by atoms with Crippen molar-refractivity contribution in [3.63, 3.8) is 0 Å². The minimum absolute atomic E-state index is 0.125. The molecule has 1 aromatic heterocycles. The van der Waals surface area contributed by atoms with Crippen LogP contribution in [0.2, 0.25) is 0 Å². The summed E-state index contributed by atoms with van der Waals surface area (Å²) in [5.74, 6) is 0. The quantitative estimate of drug-likeness (QED) is 0.306. The highest BCUT2D eigenvalue weighted by molar-refractivity contribution is 5.91. The molecule has 2 nitrogen and oxygen atoms in total. The molecule has 0 aliphatic carbocycles. The first kappa shape index (κ1) is 21.0. The van der Waals surface area contributed by atoms with E-state index in [9.17, 15) is 0 Å². The van der Waals surface area contributed by atoms with E-state index in [1.165, 1.54) is 16.7 Å². The fourth-order valence-electron chi connectivity index (χ4n) is 4.23. The minimum atomic E-state index is 0.125. The second kappa shape index (κ2) is 8.55. The van der Waals surface area contributed by atoms with Crippen molar-refractivity contribution in [2.24, 2.45) is 0 Å². The van der Waals surface area contributed by atoms with Crippen LogP contribution in [0.5, 0.6) is 0 Å². The first-order chi connectivity index (χ1) is 16.0. The van der Waals surface area contributed by atoms with E-state index in [0.29, 0.717) is 0 Å². The number of aromatic nitrogens is 2. The Morgan fingerprint density at radius 2 is 1.00 bits per heavy atom. The average molecular weight is 429 g/mol. The van der Waals surface area contributed by atoms with Crippen molar-refractivity contribution >= 4 is 0 Å². The van der Waals surface area contributed by atoms with Crippen LogP contribution in [0.3, 0.4) is 0 Å².